The first-order valence-corrected chi connectivity index (χ1v) is 8.39. The number of hydrogen-bond acceptors (Lipinski definition) is 4. The number of amides is 2. The van der Waals surface area contributed by atoms with Gasteiger partial charge in [-0.25, -0.2) is 0 Å². The molecule has 0 atom stereocenters. The van der Waals surface area contributed by atoms with E-state index in [-0.39, 0.29) is 37.5 Å². The lowest BCUT2D eigenvalue weighted by Gasteiger charge is -2.30. The third kappa shape index (κ3) is 7.15. The second-order valence-corrected chi connectivity index (χ2v) is 5.62. The van der Waals surface area contributed by atoms with Crippen LogP contribution < -0.4 is 10.6 Å². The van der Waals surface area contributed by atoms with Crippen molar-refractivity contribution in [2.75, 3.05) is 13.1 Å². The van der Waals surface area contributed by atoms with Crippen LogP contribution in [0.2, 0.25) is 0 Å². The predicted octanol–water partition coefficient (Wildman–Crippen LogP) is 2.41. The minimum absolute atomic E-state index is 0.105. The molecule has 0 unspecified atom stereocenters. The summed E-state index contributed by atoms with van der Waals surface area (Å²) >= 11 is 0. The Labute approximate surface area is 139 Å². The van der Waals surface area contributed by atoms with E-state index in [4.69, 9.17) is 10.5 Å². The highest BCUT2D eigenvalue weighted by molar-refractivity contribution is 6.05. The SMILES string of the molecule is CCCCNC(=O)C(CCC#N)(CCC#N)C(=O)NCCCC. The molecule has 0 aliphatic carbocycles. The molecular formula is C17H28N4O2. The molecule has 0 spiro atoms. The van der Waals surface area contributed by atoms with Crippen LogP contribution in [-0.2, 0) is 9.59 Å². The van der Waals surface area contributed by atoms with Crippen LogP contribution in [-0.4, -0.2) is 24.9 Å². The van der Waals surface area contributed by atoms with E-state index in [0.717, 1.165) is 25.7 Å². The quantitative estimate of drug-likeness (QED) is 0.425. The molecule has 0 aliphatic heterocycles. The molecule has 0 aliphatic rings. The Morgan fingerprint density at radius 3 is 1.57 bits per heavy atom. The second-order valence-electron chi connectivity index (χ2n) is 5.62. The predicted molar refractivity (Wildman–Crippen MR) is 88.0 cm³/mol. The summed E-state index contributed by atoms with van der Waals surface area (Å²) < 4.78 is 0. The number of nitrogens with one attached hydrogen (secondary N) is 2. The van der Waals surface area contributed by atoms with E-state index in [1.807, 2.05) is 26.0 Å². The van der Waals surface area contributed by atoms with E-state index < -0.39 is 5.41 Å². The van der Waals surface area contributed by atoms with Crippen LogP contribution in [0.4, 0.5) is 0 Å². The summed E-state index contributed by atoms with van der Waals surface area (Å²) in [6, 6.07) is 4.00. The molecule has 0 fully saturated rings. The monoisotopic (exact) mass is 320 g/mol. The Hall–Kier alpha value is -2.08. The van der Waals surface area contributed by atoms with Crippen molar-refractivity contribution in [1.82, 2.24) is 10.6 Å². The number of nitrogens with zero attached hydrogens (tertiary/aromatic N) is 2. The standard InChI is InChI=1S/C17H28N4O2/c1-3-5-13-20-15(22)17(9-7-11-18,10-8-12-19)16(23)21-14-6-4-2/h3-10,13-14H2,1-2H3,(H,20,22)(H,21,23). The lowest BCUT2D eigenvalue weighted by molar-refractivity contribution is -0.144. The Bertz CT molecular complexity index is 406. The molecule has 23 heavy (non-hydrogen) atoms. The van der Waals surface area contributed by atoms with Gasteiger partial charge in [0.25, 0.3) is 0 Å². The number of carbonyl (C=O) groups excluding carboxylic acids is 2. The van der Waals surface area contributed by atoms with Crippen molar-refractivity contribution >= 4 is 11.8 Å². The molecule has 0 saturated carbocycles. The first kappa shape index (κ1) is 20.9. The second kappa shape index (κ2) is 12.5. The molecule has 0 saturated heterocycles. The van der Waals surface area contributed by atoms with Gasteiger partial charge in [-0.2, -0.15) is 10.5 Å². The van der Waals surface area contributed by atoms with Gasteiger partial charge >= 0.3 is 0 Å². The van der Waals surface area contributed by atoms with Crippen molar-refractivity contribution in [3.8, 4) is 12.1 Å². The lowest BCUT2D eigenvalue weighted by Crippen LogP contribution is -2.52. The Balaban J connectivity index is 5.22. The van der Waals surface area contributed by atoms with E-state index in [9.17, 15) is 9.59 Å². The van der Waals surface area contributed by atoms with Crippen LogP contribution in [0.25, 0.3) is 0 Å². The number of rotatable bonds is 12. The van der Waals surface area contributed by atoms with E-state index in [0.29, 0.717) is 13.1 Å². The maximum Gasteiger partial charge on any atom is 0.235 e. The van der Waals surface area contributed by atoms with Crippen molar-refractivity contribution in [3.05, 3.63) is 0 Å². The average molecular weight is 320 g/mol. The van der Waals surface area contributed by atoms with Crippen LogP contribution in [0.5, 0.6) is 0 Å². The van der Waals surface area contributed by atoms with Crippen LogP contribution in [0.15, 0.2) is 0 Å². The normalized spacial score (nSPS) is 10.4. The summed E-state index contributed by atoms with van der Waals surface area (Å²) in [6.45, 7) is 5.03. The van der Waals surface area contributed by atoms with E-state index in [2.05, 4.69) is 10.6 Å². The summed E-state index contributed by atoms with van der Waals surface area (Å²) in [5.74, 6) is -0.740. The molecule has 0 aromatic carbocycles. The van der Waals surface area contributed by atoms with Crippen molar-refractivity contribution in [2.45, 2.75) is 65.2 Å². The van der Waals surface area contributed by atoms with E-state index in [1.165, 1.54) is 0 Å². The van der Waals surface area contributed by atoms with Crippen LogP contribution in [0.1, 0.15) is 65.2 Å². The summed E-state index contributed by atoms with van der Waals surface area (Å²) in [6.07, 6.45) is 4.02. The van der Waals surface area contributed by atoms with Gasteiger partial charge in [0.1, 0.15) is 5.41 Å². The van der Waals surface area contributed by atoms with Crippen molar-refractivity contribution in [2.24, 2.45) is 5.41 Å². The fraction of sp³-hybridized carbons (Fsp3) is 0.765. The van der Waals surface area contributed by atoms with Crippen LogP contribution in [0.3, 0.4) is 0 Å². The smallest absolute Gasteiger partial charge is 0.235 e. The van der Waals surface area contributed by atoms with E-state index in [1.54, 1.807) is 0 Å². The largest absolute Gasteiger partial charge is 0.355 e. The van der Waals surface area contributed by atoms with Gasteiger partial charge in [-0.15, -0.1) is 0 Å². The molecule has 6 heteroatoms. The van der Waals surface area contributed by atoms with Gasteiger partial charge < -0.3 is 10.6 Å². The van der Waals surface area contributed by atoms with E-state index >= 15 is 0 Å². The first-order valence-electron chi connectivity index (χ1n) is 8.39. The Morgan fingerprint density at radius 1 is 0.870 bits per heavy atom. The van der Waals surface area contributed by atoms with Crippen molar-refractivity contribution in [3.63, 3.8) is 0 Å². The Morgan fingerprint density at radius 2 is 1.26 bits per heavy atom. The number of unbranched alkanes of at least 4 members (excludes halogenated alkanes) is 2. The summed E-state index contributed by atoms with van der Waals surface area (Å²) in [5.41, 5.74) is -1.33. The molecule has 2 N–H and O–H groups in total. The summed E-state index contributed by atoms with van der Waals surface area (Å²) in [5, 5.41) is 23.3. The maximum atomic E-state index is 12.6. The third-order valence-electron chi connectivity index (χ3n) is 3.83. The van der Waals surface area contributed by atoms with Crippen LogP contribution in [0, 0.1) is 28.1 Å². The fourth-order valence-corrected chi connectivity index (χ4v) is 2.32. The summed E-state index contributed by atoms with van der Waals surface area (Å²) in [7, 11) is 0. The van der Waals surface area contributed by atoms with Gasteiger partial charge in [0.05, 0.1) is 12.1 Å². The zero-order chi connectivity index (χ0) is 17.6. The van der Waals surface area contributed by atoms with Gasteiger partial charge in [-0.05, 0) is 25.7 Å². The van der Waals surface area contributed by atoms with Crippen LogP contribution >= 0.6 is 0 Å². The van der Waals surface area contributed by atoms with Gasteiger partial charge in [0, 0.05) is 25.9 Å². The first-order chi connectivity index (χ1) is 11.1. The average Bonchev–Trinajstić information content (AvgIpc) is 2.55. The number of hydrogen-bond donors (Lipinski definition) is 2. The van der Waals surface area contributed by atoms with Crippen molar-refractivity contribution in [1.29, 1.82) is 10.5 Å². The molecule has 0 bridgehead atoms. The zero-order valence-electron chi connectivity index (χ0n) is 14.3. The third-order valence-corrected chi connectivity index (χ3v) is 3.83. The lowest BCUT2D eigenvalue weighted by atomic mass is 9.77. The van der Waals surface area contributed by atoms with Gasteiger partial charge in [-0.1, -0.05) is 26.7 Å². The molecule has 0 aromatic rings. The molecular weight excluding hydrogens is 292 g/mol. The topological polar surface area (TPSA) is 106 Å². The van der Waals surface area contributed by atoms with Gasteiger partial charge in [-0.3, -0.25) is 9.59 Å². The maximum absolute atomic E-state index is 12.6. The number of nitriles is 2. The highest BCUT2D eigenvalue weighted by atomic mass is 16.2. The minimum atomic E-state index is -1.33. The molecule has 0 heterocycles. The fourth-order valence-electron chi connectivity index (χ4n) is 2.32. The molecule has 6 nitrogen and oxygen atoms in total. The minimum Gasteiger partial charge on any atom is -0.355 e. The zero-order valence-corrected chi connectivity index (χ0v) is 14.3. The summed E-state index contributed by atoms with van der Waals surface area (Å²) in [4.78, 5) is 25.3. The van der Waals surface area contributed by atoms with Gasteiger partial charge in [0.2, 0.25) is 11.8 Å². The molecule has 0 rings (SSSR count). The number of carbonyl (C=O) groups is 2. The Kier molecular flexibility index (Phi) is 11.3. The highest BCUT2D eigenvalue weighted by Crippen LogP contribution is 2.31. The van der Waals surface area contributed by atoms with Gasteiger partial charge in [0.15, 0.2) is 0 Å². The molecule has 0 aromatic heterocycles. The molecule has 128 valence electrons. The molecule has 2 amide bonds. The highest BCUT2D eigenvalue weighted by Gasteiger charge is 2.44. The molecule has 0 radical (unpaired) electrons. The van der Waals surface area contributed by atoms with Crippen molar-refractivity contribution < 1.29 is 9.59 Å².